The molecular weight excluding hydrogens is 288 g/mol. The summed E-state index contributed by atoms with van der Waals surface area (Å²) in [7, 11) is 0. The topological polar surface area (TPSA) is 38.9 Å². The van der Waals surface area contributed by atoms with Crippen molar-refractivity contribution in [3.63, 3.8) is 0 Å². The summed E-state index contributed by atoms with van der Waals surface area (Å²) >= 11 is 7.54. The van der Waals surface area contributed by atoms with E-state index >= 15 is 0 Å². The van der Waals surface area contributed by atoms with E-state index in [1.165, 1.54) is 0 Å². The minimum Gasteiger partial charge on any atom is -0.326 e. The molecule has 20 heavy (non-hydrogen) atoms. The van der Waals surface area contributed by atoms with Crippen molar-refractivity contribution in [2.24, 2.45) is 5.73 Å². The molecule has 1 heterocycles. The van der Waals surface area contributed by atoms with Gasteiger partial charge in [-0.15, -0.1) is 11.3 Å². The van der Waals surface area contributed by atoms with Gasteiger partial charge in [0.2, 0.25) is 0 Å². The Morgan fingerprint density at radius 1 is 0.950 bits per heavy atom. The normalized spacial score (nSPS) is 10.7. The maximum atomic E-state index is 5.90. The van der Waals surface area contributed by atoms with Crippen LogP contribution in [-0.4, -0.2) is 4.98 Å². The zero-order chi connectivity index (χ0) is 13.9. The molecule has 0 saturated carbocycles. The molecule has 0 aliphatic heterocycles. The summed E-state index contributed by atoms with van der Waals surface area (Å²) < 4.78 is 0. The van der Waals surface area contributed by atoms with Gasteiger partial charge in [-0.2, -0.15) is 0 Å². The van der Waals surface area contributed by atoms with Gasteiger partial charge < -0.3 is 5.73 Å². The van der Waals surface area contributed by atoms with Gasteiger partial charge in [-0.3, -0.25) is 0 Å². The highest BCUT2D eigenvalue weighted by Gasteiger charge is 2.06. The Labute approximate surface area is 126 Å². The van der Waals surface area contributed by atoms with Crippen LogP contribution in [0.1, 0.15) is 5.56 Å². The highest BCUT2D eigenvalue weighted by atomic mass is 35.5. The van der Waals surface area contributed by atoms with Crippen molar-refractivity contribution in [2.75, 3.05) is 0 Å². The van der Waals surface area contributed by atoms with Gasteiger partial charge in [-0.1, -0.05) is 48.0 Å². The Kier molecular flexibility index (Phi) is 3.83. The summed E-state index contributed by atoms with van der Waals surface area (Å²) in [6.07, 6.45) is 0. The van der Waals surface area contributed by atoms with E-state index in [2.05, 4.69) is 22.5 Å². The van der Waals surface area contributed by atoms with Crippen molar-refractivity contribution in [1.82, 2.24) is 4.98 Å². The minimum atomic E-state index is 0.563. The summed E-state index contributed by atoms with van der Waals surface area (Å²) in [5.74, 6) is 0. The molecule has 0 radical (unpaired) electrons. The smallest absolute Gasteiger partial charge is 0.124 e. The van der Waals surface area contributed by atoms with Crippen molar-refractivity contribution in [2.45, 2.75) is 6.54 Å². The molecular formula is C16H13ClN2S. The average Bonchev–Trinajstić information content (AvgIpc) is 2.98. The first-order valence-corrected chi connectivity index (χ1v) is 7.53. The molecule has 0 aliphatic rings. The van der Waals surface area contributed by atoms with Gasteiger partial charge >= 0.3 is 0 Å². The van der Waals surface area contributed by atoms with Crippen molar-refractivity contribution < 1.29 is 0 Å². The second-order valence-corrected chi connectivity index (χ2v) is 5.74. The fourth-order valence-electron chi connectivity index (χ4n) is 1.94. The molecule has 0 aliphatic carbocycles. The van der Waals surface area contributed by atoms with Gasteiger partial charge in [0.15, 0.2) is 0 Å². The van der Waals surface area contributed by atoms with E-state index in [0.717, 1.165) is 32.4 Å². The van der Waals surface area contributed by atoms with Crippen LogP contribution in [0.4, 0.5) is 0 Å². The molecule has 0 fully saturated rings. The number of nitrogens with zero attached hydrogens (tertiary/aromatic N) is 1. The quantitative estimate of drug-likeness (QED) is 0.768. The molecule has 3 rings (SSSR count). The maximum absolute atomic E-state index is 5.90. The number of halogens is 1. The zero-order valence-electron chi connectivity index (χ0n) is 10.7. The van der Waals surface area contributed by atoms with Crippen molar-refractivity contribution in [3.05, 3.63) is 64.5 Å². The standard InChI is InChI=1S/C16H13ClN2S/c17-14-7-5-13(6-8-14)16-19-15(10-20-16)12-3-1-11(9-18)2-4-12/h1-8,10H,9,18H2. The molecule has 2 aromatic carbocycles. The lowest BCUT2D eigenvalue weighted by Gasteiger charge is -1.99. The second-order valence-electron chi connectivity index (χ2n) is 4.45. The first-order valence-electron chi connectivity index (χ1n) is 6.27. The second kappa shape index (κ2) is 5.75. The van der Waals surface area contributed by atoms with E-state index in [-0.39, 0.29) is 0 Å². The van der Waals surface area contributed by atoms with Gasteiger partial charge in [-0.25, -0.2) is 4.98 Å². The summed E-state index contributed by atoms with van der Waals surface area (Å²) in [4.78, 5) is 4.68. The van der Waals surface area contributed by atoms with Crippen molar-refractivity contribution in [1.29, 1.82) is 0 Å². The molecule has 2 N–H and O–H groups in total. The van der Waals surface area contributed by atoms with E-state index in [9.17, 15) is 0 Å². The average molecular weight is 301 g/mol. The largest absolute Gasteiger partial charge is 0.326 e. The predicted octanol–water partition coefficient (Wildman–Crippen LogP) is 4.59. The number of thiazole rings is 1. The SMILES string of the molecule is NCc1ccc(-c2csc(-c3ccc(Cl)cc3)n2)cc1. The lowest BCUT2D eigenvalue weighted by molar-refractivity contribution is 1.07. The lowest BCUT2D eigenvalue weighted by atomic mass is 10.1. The third kappa shape index (κ3) is 2.75. The third-order valence-corrected chi connectivity index (χ3v) is 4.22. The highest BCUT2D eigenvalue weighted by Crippen LogP contribution is 2.29. The van der Waals surface area contributed by atoms with Crippen LogP contribution in [0.3, 0.4) is 0 Å². The van der Waals surface area contributed by atoms with Gasteiger partial charge in [0.25, 0.3) is 0 Å². The van der Waals surface area contributed by atoms with Crippen molar-refractivity contribution in [3.8, 4) is 21.8 Å². The molecule has 100 valence electrons. The summed E-state index contributed by atoms with van der Waals surface area (Å²) in [6.45, 7) is 0.563. The van der Waals surface area contributed by atoms with Crippen LogP contribution in [0.15, 0.2) is 53.9 Å². The van der Waals surface area contributed by atoms with Gasteiger partial charge in [0, 0.05) is 28.1 Å². The highest BCUT2D eigenvalue weighted by molar-refractivity contribution is 7.13. The van der Waals surface area contributed by atoms with Crippen LogP contribution in [0, 0.1) is 0 Å². The van der Waals surface area contributed by atoms with Crippen molar-refractivity contribution >= 4 is 22.9 Å². The number of aromatic nitrogens is 1. The summed E-state index contributed by atoms with van der Waals surface area (Å²) in [5.41, 5.74) is 9.92. The Morgan fingerprint density at radius 2 is 1.60 bits per heavy atom. The Bertz CT molecular complexity index is 702. The number of hydrogen-bond donors (Lipinski definition) is 1. The Balaban J connectivity index is 1.91. The molecule has 1 aromatic heterocycles. The van der Waals surface area contributed by atoms with Crippen LogP contribution in [-0.2, 0) is 6.54 Å². The molecule has 4 heteroatoms. The zero-order valence-corrected chi connectivity index (χ0v) is 12.3. The molecule has 0 unspecified atom stereocenters. The molecule has 0 bridgehead atoms. The van der Waals surface area contributed by atoms with E-state index in [1.807, 2.05) is 36.4 Å². The summed E-state index contributed by atoms with van der Waals surface area (Å²) in [5, 5.41) is 3.81. The van der Waals surface area contributed by atoms with Crippen LogP contribution in [0.2, 0.25) is 5.02 Å². The fraction of sp³-hybridized carbons (Fsp3) is 0.0625. The lowest BCUT2D eigenvalue weighted by Crippen LogP contribution is -1.95. The number of hydrogen-bond acceptors (Lipinski definition) is 3. The van der Waals surface area contributed by atoms with Gasteiger partial charge in [0.1, 0.15) is 5.01 Å². The van der Waals surface area contributed by atoms with E-state index < -0.39 is 0 Å². The van der Waals surface area contributed by atoms with E-state index in [0.29, 0.717) is 6.54 Å². The van der Waals surface area contributed by atoms with Gasteiger partial charge in [0.05, 0.1) is 5.69 Å². The molecule has 0 atom stereocenters. The maximum Gasteiger partial charge on any atom is 0.124 e. The van der Waals surface area contributed by atoms with Crippen LogP contribution in [0.25, 0.3) is 21.8 Å². The van der Waals surface area contributed by atoms with E-state index in [1.54, 1.807) is 11.3 Å². The predicted molar refractivity (Wildman–Crippen MR) is 85.9 cm³/mol. The van der Waals surface area contributed by atoms with E-state index in [4.69, 9.17) is 17.3 Å². The Hall–Kier alpha value is -1.68. The van der Waals surface area contributed by atoms with Crippen LogP contribution >= 0.6 is 22.9 Å². The molecule has 0 saturated heterocycles. The first kappa shape index (κ1) is 13.3. The number of benzene rings is 2. The number of nitrogens with two attached hydrogens (primary N) is 1. The third-order valence-electron chi connectivity index (χ3n) is 3.08. The first-order chi connectivity index (χ1) is 9.76. The molecule has 0 amide bonds. The minimum absolute atomic E-state index is 0.563. The molecule has 0 spiro atoms. The molecule has 2 nitrogen and oxygen atoms in total. The number of rotatable bonds is 3. The van der Waals surface area contributed by atoms with Crippen LogP contribution in [0.5, 0.6) is 0 Å². The molecule has 3 aromatic rings. The van der Waals surface area contributed by atoms with Crippen LogP contribution < -0.4 is 5.73 Å². The Morgan fingerprint density at radius 3 is 2.25 bits per heavy atom. The fourth-order valence-corrected chi connectivity index (χ4v) is 2.90. The van der Waals surface area contributed by atoms with Gasteiger partial charge in [-0.05, 0) is 17.7 Å². The monoisotopic (exact) mass is 300 g/mol. The summed E-state index contributed by atoms with van der Waals surface area (Å²) in [6, 6.07) is 15.9.